The molecule has 0 saturated carbocycles. The molecular weight excluding hydrogens is 418 g/mol. The summed E-state index contributed by atoms with van der Waals surface area (Å²) in [6, 6.07) is 10.8. The highest BCUT2D eigenvalue weighted by molar-refractivity contribution is 6.33. The summed E-state index contributed by atoms with van der Waals surface area (Å²) in [7, 11) is 1.61. The molecule has 7 nitrogen and oxygen atoms in total. The lowest BCUT2D eigenvalue weighted by Crippen LogP contribution is -2.47. The summed E-state index contributed by atoms with van der Waals surface area (Å²) >= 11 is 6.35. The summed E-state index contributed by atoms with van der Waals surface area (Å²) < 4.78 is 28.7. The largest absolute Gasteiger partial charge is 0.435 e. The van der Waals surface area contributed by atoms with Crippen molar-refractivity contribution in [1.29, 1.82) is 0 Å². The molecule has 0 aliphatic carbocycles. The lowest BCUT2D eigenvalue weighted by Gasteiger charge is -2.29. The van der Waals surface area contributed by atoms with Crippen LogP contribution in [0.1, 0.15) is 5.56 Å². The van der Waals surface area contributed by atoms with Crippen molar-refractivity contribution < 1.29 is 23.1 Å². The van der Waals surface area contributed by atoms with Crippen molar-refractivity contribution in [3.05, 3.63) is 53.1 Å². The van der Waals surface area contributed by atoms with E-state index in [0.29, 0.717) is 23.8 Å². The van der Waals surface area contributed by atoms with E-state index in [2.05, 4.69) is 15.4 Å². The predicted octanol–water partition coefficient (Wildman–Crippen LogP) is 3.54. The molecule has 10 heteroatoms. The van der Waals surface area contributed by atoms with E-state index >= 15 is 0 Å². The third kappa shape index (κ3) is 5.73. The van der Waals surface area contributed by atoms with Crippen LogP contribution in [0.2, 0.25) is 5.02 Å². The summed E-state index contributed by atoms with van der Waals surface area (Å²) in [5, 5.41) is 5.95. The molecule has 1 heterocycles. The highest BCUT2D eigenvalue weighted by atomic mass is 35.5. The number of ether oxygens (including phenoxy) is 1. The van der Waals surface area contributed by atoms with Gasteiger partial charge in [-0.25, -0.2) is 4.79 Å². The number of carbonyl (C=O) groups is 2. The van der Waals surface area contributed by atoms with Crippen LogP contribution >= 0.6 is 11.6 Å². The average molecular weight is 439 g/mol. The molecule has 1 aliphatic rings. The minimum Gasteiger partial charge on any atom is -0.435 e. The molecular formula is C20H21ClF2N4O3. The topological polar surface area (TPSA) is 73.9 Å². The average Bonchev–Trinajstić information content (AvgIpc) is 2.69. The third-order valence-corrected chi connectivity index (χ3v) is 4.80. The van der Waals surface area contributed by atoms with Crippen molar-refractivity contribution in [2.24, 2.45) is 0 Å². The van der Waals surface area contributed by atoms with Gasteiger partial charge in [0.1, 0.15) is 5.75 Å². The van der Waals surface area contributed by atoms with Crippen LogP contribution in [0.3, 0.4) is 0 Å². The van der Waals surface area contributed by atoms with Gasteiger partial charge in [0.25, 0.3) is 0 Å². The molecule has 2 N–H and O–H groups in total. The first-order chi connectivity index (χ1) is 14.3. The zero-order valence-corrected chi connectivity index (χ0v) is 17.0. The first-order valence-electron chi connectivity index (χ1n) is 9.19. The third-order valence-electron chi connectivity index (χ3n) is 4.49. The lowest BCUT2D eigenvalue weighted by atomic mass is 10.2. The van der Waals surface area contributed by atoms with Gasteiger partial charge in [-0.1, -0.05) is 23.7 Å². The highest BCUT2D eigenvalue weighted by Gasteiger charge is 2.19. The van der Waals surface area contributed by atoms with Crippen LogP contribution in [0.4, 0.5) is 25.0 Å². The van der Waals surface area contributed by atoms with Gasteiger partial charge < -0.3 is 25.2 Å². The van der Waals surface area contributed by atoms with Crippen LogP contribution in [0.25, 0.3) is 0 Å². The number of rotatable bonds is 6. The second-order valence-corrected chi connectivity index (χ2v) is 7.15. The fraction of sp³-hybridized carbons (Fsp3) is 0.300. The van der Waals surface area contributed by atoms with Crippen molar-refractivity contribution in [2.75, 3.05) is 36.9 Å². The van der Waals surface area contributed by atoms with Crippen LogP contribution in [-0.2, 0) is 11.3 Å². The molecule has 2 aromatic rings. The Bertz CT molecular complexity index is 911. The molecule has 1 fully saturated rings. The van der Waals surface area contributed by atoms with E-state index in [0.717, 1.165) is 11.3 Å². The number of halogens is 3. The molecule has 0 aromatic heterocycles. The molecule has 0 bridgehead atoms. The first-order valence-corrected chi connectivity index (χ1v) is 9.56. The Morgan fingerprint density at radius 2 is 2.03 bits per heavy atom. The van der Waals surface area contributed by atoms with Gasteiger partial charge in [0.15, 0.2) is 0 Å². The van der Waals surface area contributed by atoms with Crippen LogP contribution in [0, 0.1) is 0 Å². The van der Waals surface area contributed by atoms with Gasteiger partial charge in [0.05, 0.1) is 17.3 Å². The van der Waals surface area contributed by atoms with Crippen LogP contribution in [0.5, 0.6) is 5.75 Å². The number of amides is 3. The molecule has 160 valence electrons. The van der Waals surface area contributed by atoms with Crippen molar-refractivity contribution in [3.8, 4) is 5.75 Å². The van der Waals surface area contributed by atoms with Crippen molar-refractivity contribution >= 4 is 34.9 Å². The second-order valence-electron chi connectivity index (χ2n) is 6.75. The van der Waals surface area contributed by atoms with Crippen molar-refractivity contribution in [3.63, 3.8) is 0 Å². The van der Waals surface area contributed by atoms with Gasteiger partial charge in [0.2, 0.25) is 5.91 Å². The molecule has 2 aromatic carbocycles. The maximum absolute atomic E-state index is 12.5. The summed E-state index contributed by atoms with van der Waals surface area (Å²) in [5.74, 6) is -0.00750. The van der Waals surface area contributed by atoms with Gasteiger partial charge in [-0.15, -0.1) is 0 Å². The maximum atomic E-state index is 12.5. The molecule has 3 amide bonds. The molecule has 1 saturated heterocycles. The maximum Gasteiger partial charge on any atom is 0.387 e. The Morgan fingerprint density at radius 3 is 2.67 bits per heavy atom. The highest BCUT2D eigenvalue weighted by Crippen LogP contribution is 2.29. The number of piperazine rings is 1. The van der Waals surface area contributed by atoms with Gasteiger partial charge in [-0.05, 0) is 35.9 Å². The standard InChI is InChI=1S/C20H21ClF2N4O3/c1-26(11-13-2-5-15(6-3-13)30-19(22)23)20(29)25-14-4-7-17(16(21)10-14)27-9-8-24-18(28)12-27/h2-7,10,19H,8-9,11-12H2,1H3,(H,24,28)(H,25,29). The second kappa shape index (κ2) is 9.62. The summed E-state index contributed by atoms with van der Waals surface area (Å²) in [6.45, 7) is -1.17. The van der Waals surface area contributed by atoms with Gasteiger partial charge >= 0.3 is 12.6 Å². The van der Waals surface area contributed by atoms with E-state index in [4.69, 9.17) is 11.6 Å². The number of benzene rings is 2. The van der Waals surface area contributed by atoms with Gasteiger partial charge in [-0.3, -0.25) is 4.79 Å². The van der Waals surface area contributed by atoms with Crippen LogP contribution < -0.4 is 20.3 Å². The smallest absolute Gasteiger partial charge is 0.387 e. The molecule has 0 spiro atoms. The zero-order chi connectivity index (χ0) is 21.7. The Labute approximate surface area is 177 Å². The van der Waals surface area contributed by atoms with Gasteiger partial charge in [-0.2, -0.15) is 8.78 Å². The number of alkyl halides is 2. The number of urea groups is 1. The van der Waals surface area contributed by atoms with Crippen LogP contribution in [0.15, 0.2) is 42.5 Å². The Morgan fingerprint density at radius 1 is 1.30 bits per heavy atom. The number of hydrogen-bond donors (Lipinski definition) is 2. The number of hydrogen-bond acceptors (Lipinski definition) is 4. The molecule has 3 rings (SSSR count). The lowest BCUT2D eigenvalue weighted by molar-refractivity contribution is -0.120. The Kier molecular flexibility index (Phi) is 6.94. The number of nitrogens with zero attached hydrogens (tertiary/aromatic N) is 2. The van der Waals surface area contributed by atoms with Crippen molar-refractivity contribution in [1.82, 2.24) is 10.2 Å². The minimum absolute atomic E-state index is 0.0572. The SMILES string of the molecule is CN(Cc1ccc(OC(F)F)cc1)C(=O)Nc1ccc(N2CCNC(=O)C2)c(Cl)c1. The van der Waals surface area contributed by atoms with E-state index in [-0.39, 0.29) is 30.8 Å². The molecule has 0 unspecified atom stereocenters. The quantitative estimate of drug-likeness (QED) is 0.723. The van der Waals surface area contributed by atoms with E-state index in [9.17, 15) is 18.4 Å². The number of anilines is 2. The summed E-state index contributed by atoms with van der Waals surface area (Å²) in [6.07, 6.45) is 0. The summed E-state index contributed by atoms with van der Waals surface area (Å²) in [5.41, 5.74) is 2.00. The number of nitrogens with one attached hydrogen (secondary N) is 2. The molecule has 0 radical (unpaired) electrons. The van der Waals surface area contributed by atoms with E-state index < -0.39 is 6.61 Å². The monoisotopic (exact) mass is 438 g/mol. The molecule has 1 aliphatic heterocycles. The van der Waals surface area contributed by atoms with E-state index in [1.165, 1.54) is 17.0 Å². The molecule has 0 atom stereocenters. The summed E-state index contributed by atoms with van der Waals surface area (Å²) in [4.78, 5) is 27.3. The Balaban J connectivity index is 1.58. The molecule has 30 heavy (non-hydrogen) atoms. The van der Waals surface area contributed by atoms with E-state index in [1.807, 2.05) is 4.90 Å². The number of carbonyl (C=O) groups excluding carboxylic acids is 2. The van der Waals surface area contributed by atoms with E-state index in [1.54, 1.807) is 37.4 Å². The fourth-order valence-corrected chi connectivity index (χ4v) is 3.33. The van der Waals surface area contributed by atoms with Crippen molar-refractivity contribution in [2.45, 2.75) is 13.2 Å². The van der Waals surface area contributed by atoms with Crippen LogP contribution in [-0.4, -0.2) is 50.1 Å². The predicted molar refractivity (Wildman–Crippen MR) is 110 cm³/mol. The first kappa shape index (κ1) is 21.6. The zero-order valence-electron chi connectivity index (χ0n) is 16.2. The fourth-order valence-electron chi connectivity index (χ4n) is 3.03. The van der Waals surface area contributed by atoms with Gasteiger partial charge in [0, 0.05) is 32.4 Å². The Hall–Kier alpha value is -3.07. The normalized spacial score (nSPS) is 13.8. The minimum atomic E-state index is -2.88.